The lowest BCUT2D eigenvalue weighted by atomic mass is 10.2. The molecule has 0 bridgehead atoms. The van der Waals surface area contributed by atoms with E-state index < -0.39 is 0 Å². The third-order valence-electron chi connectivity index (χ3n) is 3.55. The molecule has 0 spiro atoms. The van der Waals surface area contributed by atoms with Crippen molar-refractivity contribution < 1.29 is 4.74 Å². The van der Waals surface area contributed by atoms with Gasteiger partial charge in [0.15, 0.2) is 5.65 Å². The Labute approximate surface area is 124 Å². The predicted molar refractivity (Wildman–Crippen MR) is 83.7 cm³/mol. The van der Waals surface area contributed by atoms with Crippen LogP contribution in [0.3, 0.4) is 0 Å². The smallest absolute Gasteiger partial charge is 0.160 e. The summed E-state index contributed by atoms with van der Waals surface area (Å²) in [6.45, 7) is 5.09. The van der Waals surface area contributed by atoms with E-state index in [1.165, 1.54) is 5.56 Å². The number of methoxy groups -OCH3 is 1. The van der Waals surface area contributed by atoms with Crippen LogP contribution >= 0.6 is 0 Å². The van der Waals surface area contributed by atoms with Gasteiger partial charge in [0.2, 0.25) is 0 Å². The quantitative estimate of drug-likeness (QED) is 0.733. The first-order valence-corrected chi connectivity index (χ1v) is 7.13. The van der Waals surface area contributed by atoms with E-state index >= 15 is 0 Å². The number of fused-ring (bicyclic) bond motifs is 1. The molecule has 2 heterocycles. The predicted octanol–water partition coefficient (Wildman–Crippen LogP) is 3.61. The molecule has 0 saturated carbocycles. The summed E-state index contributed by atoms with van der Waals surface area (Å²) in [4.78, 5) is 9.21. The zero-order valence-electron chi connectivity index (χ0n) is 12.6. The van der Waals surface area contributed by atoms with Crippen molar-refractivity contribution in [3.8, 4) is 5.75 Å². The molecule has 0 fully saturated rings. The first-order chi connectivity index (χ1) is 10.2. The first kappa shape index (κ1) is 13.6. The SMILES string of the molecule is COc1ccc(Cn2c(C(C)C)nc3cccnc32)cc1. The maximum absolute atomic E-state index is 5.21. The van der Waals surface area contributed by atoms with E-state index in [-0.39, 0.29) is 0 Å². The van der Waals surface area contributed by atoms with Crippen LogP contribution in [0.15, 0.2) is 42.6 Å². The minimum Gasteiger partial charge on any atom is -0.497 e. The van der Waals surface area contributed by atoms with Gasteiger partial charge in [0.1, 0.15) is 17.1 Å². The van der Waals surface area contributed by atoms with Crippen molar-refractivity contribution >= 4 is 11.2 Å². The lowest BCUT2D eigenvalue weighted by Crippen LogP contribution is -2.07. The maximum atomic E-state index is 5.21. The van der Waals surface area contributed by atoms with Crippen molar-refractivity contribution in [2.45, 2.75) is 26.3 Å². The van der Waals surface area contributed by atoms with Crippen molar-refractivity contribution in [2.24, 2.45) is 0 Å². The summed E-state index contributed by atoms with van der Waals surface area (Å²) >= 11 is 0. The number of nitrogens with zero attached hydrogens (tertiary/aromatic N) is 3. The molecule has 0 saturated heterocycles. The van der Waals surface area contributed by atoms with Gasteiger partial charge in [0, 0.05) is 12.1 Å². The topological polar surface area (TPSA) is 39.9 Å². The minimum atomic E-state index is 0.359. The number of hydrogen-bond donors (Lipinski definition) is 0. The van der Waals surface area contributed by atoms with Gasteiger partial charge in [-0.3, -0.25) is 0 Å². The second-order valence-corrected chi connectivity index (χ2v) is 5.41. The van der Waals surface area contributed by atoms with E-state index in [1.54, 1.807) is 7.11 Å². The summed E-state index contributed by atoms with van der Waals surface area (Å²) in [5.74, 6) is 2.30. The van der Waals surface area contributed by atoms with Gasteiger partial charge in [-0.1, -0.05) is 26.0 Å². The summed E-state index contributed by atoms with van der Waals surface area (Å²) in [6.07, 6.45) is 1.82. The average Bonchev–Trinajstić information content (AvgIpc) is 2.87. The normalized spacial score (nSPS) is 11.2. The summed E-state index contributed by atoms with van der Waals surface area (Å²) in [7, 11) is 1.68. The number of benzene rings is 1. The maximum Gasteiger partial charge on any atom is 0.160 e. The number of ether oxygens (including phenoxy) is 1. The number of imidazole rings is 1. The number of aromatic nitrogens is 3. The molecule has 1 aromatic carbocycles. The molecular weight excluding hydrogens is 262 g/mol. The Balaban J connectivity index is 2.03. The highest BCUT2D eigenvalue weighted by atomic mass is 16.5. The summed E-state index contributed by atoms with van der Waals surface area (Å²) < 4.78 is 7.40. The van der Waals surface area contributed by atoms with Crippen molar-refractivity contribution in [1.82, 2.24) is 14.5 Å². The van der Waals surface area contributed by atoms with Gasteiger partial charge in [0.05, 0.1) is 13.7 Å². The highest BCUT2D eigenvalue weighted by Gasteiger charge is 2.14. The van der Waals surface area contributed by atoms with Crippen molar-refractivity contribution in [3.05, 3.63) is 54.0 Å². The fourth-order valence-corrected chi connectivity index (χ4v) is 2.49. The van der Waals surface area contributed by atoms with Crippen LogP contribution in [0.1, 0.15) is 31.2 Å². The average molecular weight is 281 g/mol. The van der Waals surface area contributed by atoms with Crippen LogP contribution in [0.5, 0.6) is 5.75 Å². The van der Waals surface area contributed by atoms with Crippen LogP contribution in [0, 0.1) is 0 Å². The van der Waals surface area contributed by atoms with Gasteiger partial charge in [-0.05, 0) is 29.8 Å². The van der Waals surface area contributed by atoms with E-state index in [2.05, 4.69) is 35.5 Å². The molecule has 0 aliphatic heterocycles. The molecular formula is C17H19N3O. The van der Waals surface area contributed by atoms with Crippen molar-refractivity contribution in [1.29, 1.82) is 0 Å². The van der Waals surface area contributed by atoms with Crippen LogP contribution in [0.25, 0.3) is 11.2 Å². The van der Waals surface area contributed by atoms with Crippen LogP contribution in [0.2, 0.25) is 0 Å². The Hall–Kier alpha value is -2.36. The van der Waals surface area contributed by atoms with Gasteiger partial charge in [-0.15, -0.1) is 0 Å². The highest BCUT2D eigenvalue weighted by molar-refractivity contribution is 5.71. The molecule has 4 heteroatoms. The molecule has 0 aliphatic rings. The monoisotopic (exact) mass is 281 g/mol. The van der Waals surface area contributed by atoms with Gasteiger partial charge < -0.3 is 9.30 Å². The standard InChI is InChI=1S/C17H19N3O/c1-12(2)16-19-15-5-4-10-18-17(15)20(16)11-13-6-8-14(21-3)9-7-13/h4-10,12H,11H2,1-3H3. The third kappa shape index (κ3) is 2.61. The second kappa shape index (κ2) is 5.56. The molecule has 21 heavy (non-hydrogen) atoms. The number of hydrogen-bond acceptors (Lipinski definition) is 3. The summed E-state index contributed by atoms with van der Waals surface area (Å²) in [5.41, 5.74) is 3.11. The van der Waals surface area contributed by atoms with Crippen LogP contribution in [-0.4, -0.2) is 21.6 Å². The molecule has 4 nitrogen and oxygen atoms in total. The second-order valence-electron chi connectivity index (χ2n) is 5.41. The fraction of sp³-hybridized carbons (Fsp3) is 0.294. The van der Waals surface area contributed by atoms with Gasteiger partial charge >= 0.3 is 0 Å². The molecule has 3 rings (SSSR count). The highest BCUT2D eigenvalue weighted by Crippen LogP contribution is 2.22. The first-order valence-electron chi connectivity index (χ1n) is 7.13. The van der Waals surface area contributed by atoms with Gasteiger partial charge in [-0.25, -0.2) is 9.97 Å². The molecule has 0 aliphatic carbocycles. The zero-order valence-corrected chi connectivity index (χ0v) is 12.6. The minimum absolute atomic E-state index is 0.359. The zero-order chi connectivity index (χ0) is 14.8. The molecule has 108 valence electrons. The van der Waals surface area contributed by atoms with E-state index in [1.807, 2.05) is 30.5 Å². The number of pyridine rings is 1. The molecule has 0 radical (unpaired) electrons. The van der Waals surface area contributed by atoms with Crippen molar-refractivity contribution in [3.63, 3.8) is 0 Å². The summed E-state index contributed by atoms with van der Waals surface area (Å²) in [6, 6.07) is 12.1. The molecule has 0 unspecified atom stereocenters. The van der Waals surface area contributed by atoms with Crippen LogP contribution in [0.4, 0.5) is 0 Å². The Kier molecular flexibility index (Phi) is 3.60. The molecule has 0 N–H and O–H groups in total. The third-order valence-corrected chi connectivity index (χ3v) is 3.55. The Morgan fingerprint density at radius 2 is 1.90 bits per heavy atom. The number of rotatable bonds is 4. The van der Waals surface area contributed by atoms with E-state index in [0.717, 1.165) is 29.3 Å². The Bertz CT molecular complexity index is 744. The van der Waals surface area contributed by atoms with Crippen LogP contribution in [-0.2, 0) is 6.54 Å². The molecule has 2 aromatic heterocycles. The molecule has 0 atom stereocenters. The fourth-order valence-electron chi connectivity index (χ4n) is 2.49. The van der Waals surface area contributed by atoms with Crippen molar-refractivity contribution in [2.75, 3.05) is 7.11 Å². The Morgan fingerprint density at radius 3 is 2.57 bits per heavy atom. The largest absolute Gasteiger partial charge is 0.497 e. The van der Waals surface area contributed by atoms with E-state index in [0.29, 0.717) is 5.92 Å². The summed E-state index contributed by atoms with van der Waals surface area (Å²) in [5, 5.41) is 0. The van der Waals surface area contributed by atoms with Gasteiger partial charge in [0.25, 0.3) is 0 Å². The van der Waals surface area contributed by atoms with E-state index in [9.17, 15) is 0 Å². The lowest BCUT2D eigenvalue weighted by molar-refractivity contribution is 0.414. The lowest BCUT2D eigenvalue weighted by Gasteiger charge is -2.11. The Morgan fingerprint density at radius 1 is 1.14 bits per heavy atom. The van der Waals surface area contributed by atoms with Crippen LogP contribution < -0.4 is 4.74 Å². The van der Waals surface area contributed by atoms with Gasteiger partial charge in [-0.2, -0.15) is 0 Å². The molecule has 0 amide bonds. The molecule has 3 aromatic rings. The van der Waals surface area contributed by atoms with E-state index in [4.69, 9.17) is 9.72 Å².